The summed E-state index contributed by atoms with van der Waals surface area (Å²) in [7, 11) is 3.59. The average molecular weight is 287 g/mol. The van der Waals surface area contributed by atoms with Gasteiger partial charge in [-0.1, -0.05) is 0 Å². The fraction of sp³-hybridized carbons (Fsp3) is 0.929. The van der Waals surface area contributed by atoms with Crippen molar-refractivity contribution in [2.24, 2.45) is 0 Å². The highest BCUT2D eigenvalue weighted by atomic mass is 16.7. The molecule has 0 atom stereocenters. The second-order valence-corrected chi connectivity index (χ2v) is 5.19. The Labute approximate surface area is 122 Å². The Morgan fingerprint density at radius 1 is 1.25 bits per heavy atom. The molecule has 1 heterocycles. The van der Waals surface area contributed by atoms with Crippen LogP contribution in [0.4, 0.5) is 4.79 Å². The molecule has 0 aliphatic carbocycles. The summed E-state index contributed by atoms with van der Waals surface area (Å²) >= 11 is 0. The van der Waals surface area contributed by atoms with Crippen LogP contribution >= 0.6 is 0 Å². The molecular weight excluding hydrogens is 258 g/mol. The van der Waals surface area contributed by atoms with Gasteiger partial charge in [-0.15, -0.1) is 0 Å². The van der Waals surface area contributed by atoms with Crippen LogP contribution in [0.5, 0.6) is 0 Å². The topological polar surface area (TPSA) is 54.0 Å². The summed E-state index contributed by atoms with van der Waals surface area (Å²) in [5.74, 6) is 0. The molecule has 1 N–H and O–H groups in total. The highest BCUT2D eigenvalue weighted by molar-refractivity contribution is 5.73. The van der Waals surface area contributed by atoms with E-state index in [1.807, 2.05) is 18.7 Å². The minimum absolute atomic E-state index is 0.102. The van der Waals surface area contributed by atoms with Crippen LogP contribution in [0.25, 0.3) is 0 Å². The van der Waals surface area contributed by atoms with Gasteiger partial charge in [-0.05, 0) is 26.7 Å². The van der Waals surface area contributed by atoms with Gasteiger partial charge in [0.15, 0.2) is 6.29 Å². The van der Waals surface area contributed by atoms with E-state index in [0.717, 1.165) is 25.9 Å². The van der Waals surface area contributed by atoms with E-state index < -0.39 is 0 Å². The van der Waals surface area contributed by atoms with Crippen molar-refractivity contribution >= 4 is 6.03 Å². The first kappa shape index (κ1) is 17.2. The molecule has 6 heteroatoms. The van der Waals surface area contributed by atoms with E-state index in [2.05, 4.69) is 5.32 Å². The Bertz CT molecular complexity index is 273. The number of hydrogen-bond donors (Lipinski definition) is 1. The molecule has 2 amide bonds. The van der Waals surface area contributed by atoms with E-state index in [4.69, 9.17) is 9.47 Å². The normalized spacial score (nSPS) is 16.8. The van der Waals surface area contributed by atoms with Crippen molar-refractivity contribution in [3.8, 4) is 0 Å². The van der Waals surface area contributed by atoms with Crippen LogP contribution in [-0.2, 0) is 9.47 Å². The molecular formula is C14H29N3O3. The first-order valence-corrected chi connectivity index (χ1v) is 7.51. The monoisotopic (exact) mass is 287 g/mol. The molecule has 0 unspecified atom stereocenters. The number of carbonyl (C=O) groups excluding carboxylic acids is 1. The number of rotatable bonds is 7. The van der Waals surface area contributed by atoms with Gasteiger partial charge in [-0.3, -0.25) is 0 Å². The molecule has 1 rings (SSSR count). The molecule has 0 bridgehead atoms. The number of likely N-dealkylation sites (tertiary alicyclic amines) is 1. The molecule has 1 saturated heterocycles. The zero-order chi connectivity index (χ0) is 15.0. The number of urea groups is 1. The second-order valence-electron chi connectivity index (χ2n) is 5.19. The van der Waals surface area contributed by atoms with Gasteiger partial charge >= 0.3 is 6.03 Å². The third-order valence-electron chi connectivity index (χ3n) is 3.43. The minimum atomic E-state index is -0.175. The minimum Gasteiger partial charge on any atom is -0.352 e. The van der Waals surface area contributed by atoms with Crippen LogP contribution in [0, 0.1) is 0 Å². The van der Waals surface area contributed by atoms with Crippen molar-refractivity contribution in [3.63, 3.8) is 0 Å². The second kappa shape index (κ2) is 9.15. The highest BCUT2D eigenvalue weighted by Crippen LogP contribution is 2.12. The number of piperidine rings is 1. The van der Waals surface area contributed by atoms with Crippen molar-refractivity contribution in [2.45, 2.75) is 39.0 Å². The summed E-state index contributed by atoms with van der Waals surface area (Å²) in [5.41, 5.74) is 0. The molecule has 0 aromatic carbocycles. The predicted molar refractivity (Wildman–Crippen MR) is 78.7 cm³/mol. The summed E-state index contributed by atoms with van der Waals surface area (Å²) in [6, 6.07) is 0.537. The molecule has 0 spiro atoms. The smallest absolute Gasteiger partial charge is 0.319 e. The van der Waals surface area contributed by atoms with Crippen molar-refractivity contribution in [3.05, 3.63) is 0 Å². The van der Waals surface area contributed by atoms with Crippen LogP contribution in [-0.4, -0.2) is 75.1 Å². The number of carbonyl (C=O) groups is 1. The maximum atomic E-state index is 11.8. The fourth-order valence-electron chi connectivity index (χ4n) is 2.36. The third kappa shape index (κ3) is 5.64. The Morgan fingerprint density at radius 2 is 1.80 bits per heavy atom. The van der Waals surface area contributed by atoms with Gasteiger partial charge in [0.2, 0.25) is 0 Å². The Kier molecular flexibility index (Phi) is 7.87. The van der Waals surface area contributed by atoms with Gasteiger partial charge in [-0.25, -0.2) is 4.79 Å². The first-order valence-electron chi connectivity index (χ1n) is 7.51. The summed E-state index contributed by atoms with van der Waals surface area (Å²) in [6.07, 6.45) is 1.78. The van der Waals surface area contributed by atoms with Crippen molar-refractivity contribution in [1.82, 2.24) is 15.1 Å². The highest BCUT2D eigenvalue weighted by Gasteiger charge is 2.24. The summed E-state index contributed by atoms with van der Waals surface area (Å²) in [5, 5.41) is 3.48. The molecule has 1 aliphatic heterocycles. The average Bonchev–Trinajstić information content (AvgIpc) is 2.45. The van der Waals surface area contributed by atoms with Crippen molar-refractivity contribution < 1.29 is 14.3 Å². The van der Waals surface area contributed by atoms with Gasteiger partial charge in [0, 0.05) is 53.0 Å². The first-order chi connectivity index (χ1) is 9.58. The number of nitrogens with zero attached hydrogens (tertiary/aromatic N) is 2. The molecule has 20 heavy (non-hydrogen) atoms. The van der Waals surface area contributed by atoms with Crippen LogP contribution in [0.3, 0.4) is 0 Å². The quantitative estimate of drug-likeness (QED) is 0.713. The number of nitrogens with one attached hydrogen (secondary N) is 1. The largest absolute Gasteiger partial charge is 0.352 e. The molecule has 0 radical (unpaired) electrons. The maximum Gasteiger partial charge on any atom is 0.319 e. The summed E-state index contributed by atoms with van der Waals surface area (Å²) in [4.78, 5) is 15.4. The van der Waals surface area contributed by atoms with E-state index in [9.17, 15) is 4.79 Å². The zero-order valence-corrected chi connectivity index (χ0v) is 13.2. The number of amides is 2. The zero-order valence-electron chi connectivity index (χ0n) is 13.2. The van der Waals surface area contributed by atoms with E-state index in [-0.39, 0.29) is 12.3 Å². The van der Waals surface area contributed by atoms with E-state index in [1.54, 1.807) is 19.0 Å². The van der Waals surface area contributed by atoms with Crippen LogP contribution < -0.4 is 5.32 Å². The lowest BCUT2D eigenvalue weighted by atomic mass is 10.1. The maximum absolute atomic E-state index is 11.8. The third-order valence-corrected chi connectivity index (χ3v) is 3.43. The molecule has 1 fully saturated rings. The van der Waals surface area contributed by atoms with Gasteiger partial charge in [0.1, 0.15) is 0 Å². The van der Waals surface area contributed by atoms with Crippen molar-refractivity contribution in [2.75, 3.05) is 46.9 Å². The number of ether oxygens (including phenoxy) is 2. The lowest BCUT2D eigenvalue weighted by Crippen LogP contribution is -2.49. The summed E-state index contributed by atoms with van der Waals surface area (Å²) < 4.78 is 11.0. The molecule has 1 aliphatic rings. The lowest BCUT2D eigenvalue weighted by molar-refractivity contribution is -0.134. The fourth-order valence-corrected chi connectivity index (χ4v) is 2.36. The SMILES string of the molecule is CCOC(CNC1CCN(C(=O)N(C)C)CC1)OCC. The van der Waals surface area contributed by atoms with E-state index in [0.29, 0.717) is 25.8 Å². The van der Waals surface area contributed by atoms with Crippen molar-refractivity contribution in [1.29, 1.82) is 0 Å². The van der Waals surface area contributed by atoms with Gasteiger partial charge < -0.3 is 24.6 Å². The van der Waals surface area contributed by atoms with Gasteiger partial charge in [0.05, 0.1) is 0 Å². The number of hydrogen-bond acceptors (Lipinski definition) is 4. The van der Waals surface area contributed by atoms with Crippen LogP contribution in [0.1, 0.15) is 26.7 Å². The van der Waals surface area contributed by atoms with E-state index in [1.165, 1.54) is 0 Å². The van der Waals surface area contributed by atoms with Gasteiger partial charge in [0.25, 0.3) is 0 Å². The molecule has 0 aromatic heterocycles. The molecule has 118 valence electrons. The summed E-state index contributed by atoms with van der Waals surface area (Å²) in [6.45, 7) is 7.57. The van der Waals surface area contributed by atoms with E-state index >= 15 is 0 Å². The lowest BCUT2D eigenvalue weighted by Gasteiger charge is -2.34. The molecule has 0 saturated carbocycles. The standard InChI is InChI=1S/C14H29N3O3/c1-5-19-13(20-6-2)11-15-12-7-9-17(10-8-12)14(18)16(3)4/h12-13,15H,5-11H2,1-4H3. The van der Waals surface area contributed by atoms with Crippen LogP contribution in [0.2, 0.25) is 0 Å². The van der Waals surface area contributed by atoms with Gasteiger partial charge in [-0.2, -0.15) is 0 Å². The van der Waals surface area contributed by atoms with Crippen LogP contribution in [0.15, 0.2) is 0 Å². The predicted octanol–water partition coefficient (Wildman–Crippen LogP) is 1.12. The molecule has 6 nitrogen and oxygen atoms in total. The Balaban J connectivity index is 2.26. The molecule has 0 aromatic rings. The Morgan fingerprint density at radius 3 is 2.25 bits per heavy atom. The Hall–Kier alpha value is -0.850.